The number of H-pyrrole nitrogens is 1. The average Bonchev–Trinajstić information content (AvgIpc) is 2.48. The Morgan fingerprint density at radius 2 is 1.91 bits per heavy atom. The number of hydrogen-bond acceptors (Lipinski definition) is 4. The van der Waals surface area contributed by atoms with Gasteiger partial charge in [0.05, 0.1) is 5.52 Å². The lowest BCUT2D eigenvalue weighted by Crippen LogP contribution is -2.48. The van der Waals surface area contributed by atoms with E-state index in [1.54, 1.807) is 16.8 Å². The molecule has 6 nitrogen and oxygen atoms in total. The van der Waals surface area contributed by atoms with Crippen molar-refractivity contribution in [1.29, 1.82) is 0 Å². The van der Waals surface area contributed by atoms with Crippen molar-refractivity contribution in [2.24, 2.45) is 0 Å². The molecule has 0 amide bonds. The molecule has 23 heavy (non-hydrogen) atoms. The SMILES string of the molecule is CC(C)(C)N1CCC(n2c(=O)c(=O)[nH]c3cc(Br)cnc32)CC1. The molecule has 0 spiro atoms. The van der Waals surface area contributed by atoms with Crippen LogP contribution in [0.5, 0.6) is 0 Å². The Balaban J connectivity index is 2.02. The van der Waals surface area contributed by atoms with Crippen LogP contribution in [0, 0.1) is 0 Å². The molecule has 0 aromatic carbocycles. The molecule has 124 valence electrons. The van der Waals surface area contributed by atoms with Gasteiger partial charge in [0.25, 0.3) is 0 Å². The molecule has 0 bridgehead atoms. The molecule has 1 aliphatic rings. The zero-order valence-electron chi connectivity index (χ0n) is 13.6. The standard InChI is InChI=1S/C16H21BrN4O2/c1-16(2,3)20-6-4-11(5-7-20)21-13-12(8-10(17)9-18-13)19-14(22)15(21)23/h8-9,11H,4-7H2,1-3H3,(H,19,22). The van der Waals surface area contributed by atoms with Crippen LogP contribution in [0.3, 0.4) is 0 Å². The second-order valence-electron chi connectivity index (χ2n) is 7.04. The molecule has 0 aliphatic carbocycles. The third kappa shape index (κ3) is 3.12. The summed E-state index contributed by atoms with van der Waals surface area (Å²) < 4.78 is 2.36. The minimum absolute atomic E-state index is 0.0135. The van der Waals surface area contributed by atoms with Crippen molar-refractivity contribution in [3.63, 3.8) is 0 Å². The van der Waals surface area contributed by atoms with Crippen molar-refractivity contribution in [2.75, 3.05) is 13.1 Å². The van der Waals surface area contributed by atoms with Crippen LogP contribution in [0.2, 0.25) is 0 Å². The van der Waals surface area contributed by atoms with E-state index in [1.807, 2.05) is 0 Å². The van der Waals surface area contributed by atoms with Crippen molar-refractivity contribution in [3.05, 3.63) is 37.4 Å². The highest BCUT2D eigenvalue weighted by Crippen LogP contribution is 2.27. The first-order chi connectivity index (χ1) is 10.8. The highest BCUT2D eigenvalue weighted by molar-refractivity contribution is 9.10. The molecule has 2 aromatic heterocycles. The van der Waals surface area contributed by atoms with Crippen LogP contribution >= 0.6 is 15.9 Å². The molecular weight excluding hydrogens is 360 g/mol. The molecule has 0 atom stereocenters. The Morgan fingerprint density at radius 1 is 1.26 bits per heavy atom. The van der Waals surface area contributed by atoms with Crippen molar-refractivity contribution in [1.82, 2.24) is 19.4 Å². The summed E-state index contributed by atoms with van der Waals surface area (Å²) in [5.74, 6) is 0. The van der Waals surface area contributed by atoms with Crippen LogP contribution in [0.15, 0.2) is 26.3 Å². The summed E-state index contributed by atoms with van der Waals surface area (Å²) in [5.41, 5.74) is 0.154. The summed E-state index contributed by atoms with van der Waals surface area (Å²) >= 11 is 3.35. The zero-order valence-corrected chi connectivity index (χ0v) is 15.2. The van der Waals surface area contributed by atoms with E-state index in [4.69, 9.17) is 0 Å². The molecule has 0 saturated carbocycles. The van der Waals surface area contributed by atoms with Gasteiger partial charge in [-0.15, -0.1) is 0 Å². The fourth-order valence-electron chi connectivity index (χ4n) is 3.23. The summed E-state index contributed by atoms with van der Waals surface area (Å²) in [6, 6.07) is 1.80. The van der Waals surface area contributed by atoms with E-state index in [1.165, 1.54) is 0 Å². The van der Waals surface area contributed by atoms with Gasteiger partial charge in [-0.05, 0) is 55.6 Å². The minimum atomic E-state index is -0.587. The first-order valence-corrected chi connectivity index (χ1v) is 8.62. The highest BCUT2D eigenvalue weighted by Gasteiger charge is 2.29. The normalized spacial score (nSPS) is 17.7. The van der Waals surface area contributed by atoms with E-state index >= 15 is 0 Å². The molecule has 3 rings (SSSR count). The summed E-state index contributed by atoms with van der Waals surface area (Å²) in [5, 5.41) is 0. The number of nitrogens with zero attached hydrogens (tertiary/aromatic N) is 3. The van der Waals surface area contributed by atoms with Crippen LogP contribution < -0.4 is 11.1 Å². The van der Waals surface area contributed by atoms with Crippen molar-refractivity contribution >= 4 is 27.1 Å². The lowest BCUT2D eigenvalue weighted by atomic mass is 9.98. The minimum Gasteiger partial charge on any atom is -0.315 e. The smallest absolute Gasteiger partial charge is 0.315 e. The van der Waals surface area contributed by atoms with E-state index < -0.39 is 11.1 Å². The van der Waals surface area contributed by atoms with E-state index in [9.17, 15) is 9.59 Å². The molecular formula is C16H21BrN4O2. The monoisotopic (exact) mass is 380 g/mol. The van der Waals surface area contributed by atoms with Gasteiger partial charge in [0.1, 0.15) is 0 Å². The van der Waals surface area contributed by atoms with Crippen LogP contribution in [-0.4, -0.2) is 38.1 Å². The number of halogens is 1. The van der Waals surface area contributed by atoms with Crippen molar-refractivity contribution in [3.8, 4) is 0 Å². The summed E-state index contributed by atoms with van der Waals surface area (Å²) in [4.78, 5) is 33.8. The first-order valence-electron chi connectivity index (χ1n) is 7.82. The largest absolute Gasteiger partial charge is 0.318 e. The van der Waals surface area contributed by atoms with Gasteiger partial charge in [-0.2, -0.15) is 0 Å². The van der Waals surface area contributed by atoms with Gasteiger partial charge in [-0.25, -0.2) is 4.98 Å². The van der Waals surface area contributed by atoms with E-state index in [2.05, 4.69) is 51.6 Å². The maximum absolute atomic E-state index is 12.4. The average molecular weight is 381 g/mol. The van der Waals surface area contributed by atoms with Crippen LogP contribution in [0.1, 0.15) is 39.7 Å². The molecule has 1 N–H and O–H groups in total. The summed E-state index contributed by atoms with van der Waals surface area (Å²) in [6.45, 7) is 8.40. The molecule has 0 unspecified atom stereocenters. The molecule has 0 radical (unpaired) electrons. The Hall–Kier alpha value is -1.47. The number of rotatable bonds is 1. The van der Waals surface area contributed by atoms with E-state index in [0.29, 0.717) is 11.2 Å². The Morgan fingerprint density at radius 3 is 2.52 bits per heavy atom. The van der Waals surface area contributed by atoms with Crippen LogP contribution in [0.4, 0.5) is 0 Å². The molecule has 1 saturated heterocycles. The third-order valence-corrected chi connectivity index (χ3v) is 4.93. The summed E-state index contributed by atoms with van der Waals surface area (Å²) in [6.07, 6.45) is 3.34. The topological polar surface area (TPSA) is 71.0 Å². The number of likely N-dealkylation sites (tertiary alicyclic amines) is 1. The van der Waals surface area contributed by atoms with Gasteiger partial charge >= 0.3 is 11.1 Å². The maximum atomic E-state index is 12.4. The molecule has 7 heteroatoms. The van der Waals surface area contributed by atoms with Gasteiger partial charge in [0, 0.05) is 35.3 Å². The second kappa shape index (κ2) is 5.87. The van der Waals surface area contributed by atoms with E-state index in [-0.39, 0.29) is 11.6 Å². The van der Waals surface area contributed by atoms with Gasteiger partial charge in [0.15, 0.2) is 5.65 Å². The zero-order chi connectivity index (χ0) is 16.8. The van der Waals surface area contributed by atoms with Crippen LogP contribution in [0.25, 0.3) is 11.2 Å². The first kappa shape index (κ1) is 16.4. The lowest BCUT2D eigenvalue weighted by Gasteiger charge is -2.41. The predicted molar refractivity (Wildman–Crippen MR) is 93.9 cm³/mol. The third-order valence-electron chi connectivity index (χ3n) is 4.50. The van der Waals surface area contributed by atoms with Crippen molar-refractivity contribution < 1.29 is 0 Å². The lowest BCUT2D eigenvalue weighted by molar-refractivity contribution is 0.0898. The van der Waals surface area contributed by atoms with Crippen LogP contribution in [-0.2, 0) is 0 Å². The van der Waals surface area contributed by atoms with Gasteiger partial charge in [-0.1, -0.05) is 0 Å². The molecule has 3 heterocycles. The number of fused-ring (bicyclic) bond motifs is 1. The second-order valence-corrected chi connectivity index (χ2v) is 7.96. The molecule has 1 aliphatic heterocycles. The van der Waals surface area contributed by atoms with Crippen molar-refractivity contribution in [2.45, 2.75) is 45.2 Å². The number of piperidine rings is 1. The number of aromatic nitrogens is 3. The predicted octanol–water partition coefficient (Wildman–Crippen LogP) is 2.28. The molecule has 2 aromatic rings. The Bertz CT molecular complexity index is 842. The maximum Gasteiger partial charge on any atom is 0.318 e. The van der Waals surface area contributed by atoms with Gasteiger partial charge in [-0.3, -0.25) is 19.1 Å². The van der Waals surface area contributed by atoms with Gasteiger partial charge in [0.2, 0.25) is 0 Å². The number of aromatic amines is 1. The number of nitrogens with one attached hydrogen (secondary N) is 1. The quantitative estimate of drug-likeness (QED) is 0.770. The fraction of sp³-hybridized carbons (Fsp3) is 0.562. The Labute approximate surface area is 142 Å². The highest BCUT2D eigenvalue weighted by atomic mass is 79.9. The Kier molecular flexibility index (Phi) is 4.18. The summed E-state index contributed by atoms with van der Waals surface area (Å²) in [7, 11) is 0. The van der Waals surface area contributed by atoms with Gasteiger partial charge < -0.3 is 4.98 Å². The fourth-order valence-corrected chi connectivity index (χ4v) is 3.56. The van der Waals surface area contributed by atoms with E-state index in [0.717, 1.165) is 30.4 Å². The number of pyridine rings is 1. The number of hydrogen-bond donors (Lipinski definition) is 1. The molecule has 1 fully saturated rings.